The minimum Gasteiger partial charge on any atom is -0.449 e. The minimum atomic E-state index is -0.427. The molecule has 1 N–H and O–H groups in total. The molecule has 0 saturated heterocycles. The zero-order valence-electron chi connectivity index (χ0n) is 10.1. The van der Waals surface area contributed by atoms with E-state index in [0.717, 1.165) is 0 Å². The summed E-state index contributed by atoms with van der Waals surface area (Å²) < 4.78 is 19.8. The zero-order valence-corrected chi connectivity index (χ0v) is 10.1. The lowest BCUT2D eigenvalue weighted by atomic mass is 10.3. The van der Waals surface area contributed by atoms with E-state index < -0.39 is 5.82 Å². The summed E-state index contributed by atoms with van der Waals surface area (Å²) in [5, 5.41) is 2.74. The maximum atomic E-state index is 13.1. The molecule has 0 saturated carbocycles. The molecule has 6 heteroatoms. The first kappa shape index (κ1) is 11.5. The van der Waals surface area contributed by atoms with Crippen LogP contribution in [-0.2, 0) is 0 Å². The Morgan fingerprint density at radius 1 is 1.37 bits per heavy atom. The van der Waals surface area contributed by atoms with Crippen molar-refractivity contribution < 1.29 is 9.13 Å². The second kappa shape index (κ2) is 4.24. The fourth-order valence-corrected chi connectivity index (χ4v) is 1.82. The van der Waals surface area contributed by atoms with Crippen LogP contribution >= 0.6 is 0 Å². The molecule has 0 atom stereocenters. The molecular formula is C13H10FN3O2. The van der Waals surface area contributed by atoms with Crippen LogP contribution in [0.1, 0.15) is 5.69 Å². The van der Waals surface area contributed by atoms with Crippen LogP contribution in [0.3, 0.4) is 0 Å². The summed E-state index contributed by atoms with van der Waals surface area (Å²) in [6.45, 7) is 1.67. The molecule has 0 spiro atoms. The van der Waals surface area contributed by atoms with Crippen molar-refractivity contribution in [2.24, 2.45) is 0 Å². The number of hydrogen-bond donors (Lipinski definition) is 1. The van der Waals surface area contributed by atoms with Gasteiger partial charge in [0, 0.05) is 18.3 Å². The number of aromatic amines is 1. The van der Waals surface area contributed by atoms with Crippen LogP contribution in [-0.4, -0.2) is 14.6 Å². The Bertz CT molecular complexity index is 807. The maximum Gasteiger partial charge on any atom is 0.315 e. The van der Waals surface area contributed by atoms with Gasteiger partial charge in [0.2, 0.25) is 5.75 Å². The Kier molecular flexibility index (Phi) is 2.56. The van der Waals surface area contributed by atoms with E-state index in [1.54, 1.807) is 25.3 Å². The summed E-state index contributed by atoms with van der Waals surface area (Å²) in [6, 6.07) is 7.28. The third-order valence-electron chi connectivity index (χ3n) is 2.69. The highest BCUT2D eigenvalue weighted by molar-refractivity contribution is 5.42. The summed E-state index contributed by atoms with van der Waals surface area (Å²) in [7, 11) is 0. The fraction of sp³-hybridized carbons (Fsp3) is 0.0769. The first-order valence-electron chi connectivity index (χ1n) is 5.65. The second-order valence-corrected chi connectivity index (χ2v) is 4.05. The van der Waals surface area contributed by atoms with Crippen LogP contribution in [0.4, 0.5) is 4.39 Å². The van der Waals surface area contributed by atoms with E-state index in [4.69, 9.17) is 4.74 Å². The van der Waals surface area contributed by atoms with Gasteiger partial charge in [-0.05, 0) is 19.1 Å². The molecule has 0 aliphatic heterocycles. The SMILES string of the molecule is Cc1nc2cc[nH]n2c(=O)c1Oc1cccc(F)c1. The molecule has 0 aliphatic carbocycles. The number of halogens is 1. The van der Waals surface area contributed by atoms with Gasteiger partial charge in [-0.25, -0.2) is 9.37 Å². The van der Waals surface area contributed by atoms with Crippen LogP contribution in [0.2, 0.25) is 0 Å². The van der Waals surface area contributed by atoms with Crippen molar-refractivity contribution >= 4 is 5.65 Å². The van der Waals surface area contributed by atoms with Gasteiger partial charge >= 0.3 is 5.56 Å². The first-order valence-corrected chi connectivity index (χ1v) is 5.65. The molecule has 0 unspecified atom stereocenters. The van der Waals surface area contributed by atoms with E-state index in [0.29, 0.717) is 11.3 Å². The Balaban J connectivity index is 2.12. The fourth-order valence-electron chi connectivity index (χ4n) is 1.82. The zero-order chi connectivity index (χ0) is 13.4. The van der Waals surface area contributed by atoms with E-state index in [1.807, 2.05) is 0 Å². The summed E-state index contributed by atoms with van der Waals surface area (Å²) in [5.41, 5.74) is 0.597. The van der Waals surface area contributed by atoms with E-state index in [2.05, 4.69) is 10.1 Å². The number of H-pyrrole nitrogens is 1. The summed E-state index contributed by atoms with van der Waals surface area (Å²) in [5.74, 6) is -0.0942. The Labute approximate surface area is 107 Å². The lowest BCUT2D eigenvalue weighted by molar-refractivity contribution is 0.459. The maximum absolute atomic E-state index is 13.1. The molecule has 0 aliphatic rings. The van der Waals surface area contributed by atoms with Crippen LogP contribution in [0, 0.1) is 12.7 Å². The highest BCUT2D eigenvalue weighted by atomic mass is 19.1. The largest absolute Gasteiger partial charge is 0.449 e. The van der Waals surface area contributed by atoms with Crippen molar-refractivity contribution in [2.75, 3.05) is 0 Å². The molecule has 0 fully saturated rings. The quantitative estimate of drug-likeness (QED) is 0.768. The molecule has 1 aromatic carbocycles. The smallest absolute Gasteiger partial charge is 0.315 e. The molecule has 0 radical (unpaired) electrons. The number of aryl methyl sites for hydroxylation is 1. The number of fused-ring (bicyclic) bond motifs is 1. The van der Waals surface area contributed by atoms with Gasteiger partial charge in [0.05, 0.1) is 5.69 Å². The van der Waals surface area contributed by atoms with Gasteiger partial charge in [-0.2, -0.15) is 4.52 Å². The van der Waals surface area contributed by atoms with Gasteiger partial charge in [-0.1, -0.05) is 6.07 Å². The molecule has 5 nitrogen and oxygen atoms in total. The monoisotopic (exact) mass is 259 g/mol. The van der Waals surface area contributed by atoms with Gasteiger partial charge in [0.1, 0.15) is 11.6 Å². The van der Waals surface area contributed by atoms with Crippen LogP contribution < -0.4 is 10.3 Å². The van der Waals surface area contributed by atoms with Crippen molar-refractivity contribution in [3.05, 3.63) is 58.4 Å². The van der Waals surface area contributed by atoms with E-state index >= 15 is 0 Å². The minimum absolute atomic E-state index is 0.0746. The third-order valence-corrected chi connectivity index (χ3v) is 2.69. The summed E-state index contributed by atoms with van der Waals surface area (Å²) in [6.07, 6.45) is 1.61. The molecule has 3 aromatic rings. The van der Waals surface area contributed by atoms with E-state index in [-0.39, 0.29) is 17.1 Å². The molecule has 96 valence electrons. The lowest BCUT2D eigenvalue weighted by Crippen LogP contribution is -2.18. The van der Waals surface area contributed by atoms with Crippen LogP contribution in [0.25, 0.3) is 5.65 Å². The number of benzene rings is 1. The Morgan fingerprint density at radius 3 is 3.00 bits per heavy atom. The number of aromatic nitrogens is 3. The molecule has 0 bridgehead atoms. The van der Waals surface area contributed by atoms with Crippen molar-refractivity contribution in [1.82, 2.24) is 14.6 Å². The molecule has 3 rings (SSSR count). The highest BCUT2D eigenvalue weighted by Crippen LogP contribution is 2.21. The molecule has 2 heterocycles. The van der Waals surface area contributed by atoms with E-state index in [9.17, 15) is 9.18 Å². The van der Waals surface area contributed by atoms with E-state index in [1.165, 1.54) is 22.7 Å². The molecule has 0 amide bonds. The summed E-state index contributed by atoms with van der Waals surface area (Å²) in [4.78, 5) is 16.4. The molecule has 19 heavy (non-hydrogen) atoms. The topological polar surface area (TPSA) is 59.4 Å². The van der Waals surface area contributed by atoms with Gasteiger partial charge in [0.25, 0.3) is 0 Å². The lowest BCUT2D eigenvalue weighted by Gasteiger charge is -2.07. The highest BCUT2D eigenvalue weighted by Gasteiger charge is 2.12. The normalized spacial score (nSPS) is 10.8. The van der Waals surface area contributed by atoms with Crippen molar-refractivity contribution in [3.63, 3.8) is 0 Å². The summed E-state index contributed by atoms with van der Waals surface area (Å²) >= 11 is 0. The van der Waals surface area contributed by atoms with Gasteiger partial charge in [-0.15, -0.1) is 0 Å². The van der Waals surface area contributed by atoms with Crippen LogP contribution in [0.15, 0.2) is 41.3 Å². The predicted octanol–water partition coefficient (Wildman–Crippen LogP) is 2.26. The first-order chi connectivity index (χ1) is 9.15. The van der Waals surface area contributed by atoms with Gasteiger partial charge in [-0.3, -0.25) is 9.89 Å². The number of hydrogen-bond acceptors (Lipinski definition) is 3. The number of ether oxygens (including phenoxy) is 1. The average Bonchev–Trinajstić information content (AvgIpc) is 2.83. The van der Waals surface area contributed by atoms with Gasteiger partial charge < -0.3 is 4.74 Å². The number of nitrogens with zero attached hydrogens (tertiary/aromatic N) is 2. The second-order valence-electron chi connectivity index (χ2n) is 4.05. The van der Waals surface area contributed by atoms with Crippen molar-refractivity contribution in [2.45, 2.75) is 6.92 Å². The molecule has 2 aromatic heterocycles. The Hall–Kier alpha value is -2.63. The molecular weight excluding hydrogens is 249 g/mol. The third kappa shape index (κ3) is 1.97. The number of nitrogens with one attached hydrogen (secondary N) is 1. The van der Waals surface area contributed by atoms with Crippen molar-refractivity contribution in [3.8, 4) is 11.5 Å². The standard InChI is InChI=1S/C13H10FN3O2/c1-8-12(19-10-4-2-3-9(14)7-10)13(18)17-11(16-8)5-6-15-17/h2-7,15H,1H3. The number of rotatable bonds is 2. The van der Waals surface area contributed by atoms with Gasteiger partial charge in [0.15, 0.2) is 5.65 Å². The average molecular weight is 259 g/mol. The van der Waals surface area contributed by atoms with Crippen LogP contribution in [0.5, 0.6) is 11.5 Å². The Morgan fingerprint density at radius 2 is 2.21 bits per heavy atom. The van der Waals surface area contributed by atoms with Crippen molar-refractivity contribution in [1.29, 1.82) is 0 Å². The predicted molar refractivity (Wildman–Crippen MR) is 67.0 cm³/mol.